The van der Waals surface area contributed by atoms with Crippen molar-refractivity contribution in [2.45, 2.75) is 19.1 Å². The van der Waals surface area contributed by atoms with E-state index in [0.717, 1.165) is 0 Å². The predicted molar refractivity (Wildman–Crippen MR) is 74.2 cm³/mol. The van der Waals surface area contributed by atoms with Crippen molar-refractivity contribution in [2.24, 2.45) is 0 Å². The summed E-state index contributed by atoms with van der Waals surface area (Å²) in [5, 5.41) is 8.62. The van der Waals surface area contributed by atoms with Crippen LogP contribution in [0.1, 0.15) is 17.4 Å². The van der Waals surface area contributed by atoms with Gasteiger partial charge in [0, 0.05) is 19.9 Å². The van der Waals surface area contributed by atoms with Crippen molar-refractivity contribution < 1.29 is 24.2 Å². The lowest BCUT2D eigenvalue weighted by Gasteiger charge is -2.47. The lowest BCUT2D eigenvalue weighted by molar-refractivity contribution is -0.160. The molecule has 1 N–H and O–H groups in total. The molecule has 0 aromatic carbocycles. The van der Waals surface area contributed by atoms with Crippen molar-refractivity contribution in [3.8, 4) is 0 Å². The Morgan fingerprint density at radius 1 is 1.43 bits per heavy atom. The lowest BCUT2D eigenvalue weighted by atomic mass is 9.96. The minimum atomic E-state index is -1.01. The molecule has 7 heteroatoms. The summed E-state index contributed by atoms with van der Waals surface area (Å²) < 4.78 is 12.2. The van der Waals surface area contributed by atoms with Gasteiger partial charge in [0.15, 0.2) is 0 Å². The van der Waals surface area contributed by atoms with E-state index in [2.05, 4.69) is 0 Å². The fraction of sp³-hybridized carbons (Fsp3) is 0.571. The summed E-state index contributed by atoms with van der Waals surface area (Å²) in [5.74, 6) is -1.08. The monoisotopic (exact) mass is 296 g/mol. The first kappa shape index (κ1) is 15.5. The molecule has 1 amide bonds. The van der Waals surface area contributed by atoms with E-state index in [-0.39, 0.29) is 12.5 Å². The molecule has 1 aliphatic heterocycles. The number of aliphatic carboxylic acids is 1. The van der Waals surface area contributed by atoms with Gasteiger partial charge in [-0.05, 0) is 19.1 Å². The number of ether oxygens (including phenoxy) is 2. The zero-order chi connectivity index (χ0) is 15.5. The van der Waals surface area contributed by atoms with Crippen molar-refractivity contribution >= 4 is 11.9 Å². The van der Waals surface area contributed by atoms with Gasteiger partial charge in [0.1, 0.15) is 17.9 Å². The smallest absolute Gasteiger partial charge is 0.329 e. The second-order valence-electron chi connectivity index (χ2n) is 5.37. The standard InChI is InChI=1S/C14H20N2O5/c1-14(21-8-12(17)18)9-16(10-14)13(19)11-4-3-5-15(11)6-7-20-2/h3-5H,6-10H2,1-2H3,(H,17,18). The molecule has 1 saturated heterocycles. The highest BCUT2D eigenvalue weighted by molar-refractivity contribution is 5.93. The van der Waals surface area contributed by atoms with Gasteiger partial charge >= 0.3 is 5.97 Å². The number of carbonyl (C=O) groups excluding carboxylic acids is 1. The van der Waals surface area contributed by atoms with Crippen LogP contribution < -0.4 is 0 Å². The van der Waals surface area contributed by atoms with Gasteiger partial charge in [-0.3, -0.25) is 4.79 Å². The Balaban J connectivity index is 1.91. The molecule has 116 valence electrons. The van der Waals surface area contributed by atoms with E-state index in [4.69, 9.17) is 14.6 Å². The molecule has 21 heavy (non-hydrogen) atoms. The van der Waals surface area contributed by atoms with Crippen LogP contribution in [0.4, 0.5) is 0 Å². The first-order chi connectivity index (χ1) is 9.95. The summed E-state index contributed by atoms with van der Waals surface area (Å²) in [6.07, 6.45) is 1.84. The average molecular weight is 296 g/mol. The van der Waals surface area contributed by atoms with Crippen molar-refractivity contribution in [3.05, 3.63) is 24.0 Å². The van der Waals surface area contributed by atoms with Crippen LogP contribution in [0.2, 0.25) is 0 Å². The number of hydrogen-bond acceptors (Lipinski definition) is 4. The van der Waals surface area contributed by atoms with Crippen LogP contribution in [0.3, 0.4) is 0 Å². The highest BCUT2D eigenvalue weighted by Gasteiger charge is 2.43. The topological polar surface area (TPSA) is 81.0 Å². The molecule has 0 bridgehead atoms. The SMILES string of the molecule is COCCn1cccc1C(=O)N1CC(C)(OCC(=O)O)C1. The maximum Gasteiger partial charge on any atom is 0.329 e. The molecule has 2 heterocycles. The van der Waals surface area contributed by atoms with Crippen LogP contribution in [0.25, 0.3) is 0 Å². The summed E-state index contributed by atoms with van der Waals surface area (Å²) in [5.41, 5.74) is 0.0326. The molecular formula is C14H20N2O5. The van der Waals surface area contributed by atoms with Gasteiger partial charge < -0.3 is 24.0 Å². The van der Waals surface area contributed by atoms with Gasteiger partial charge in [0.2, 0.25) is 0 Å². The van der Waals surface area contributed by atoms with E-state index < -0.39 is 11.6 Å². The number of nitrogens with zero attached hydrogens (tertiary/aromatic N) is 2. The maximum absolute atomic E-state index is 12.4. The van der Waals surface area contributed by atoms with Crippen molar-refractivity contribution in [1.82, 2.24) is 9.47 Å². The van der Waals surface area contributed by atoms with Crippen molar-refractivity contribution in [1.29, 1.82) is 0 Å². The van der Waals surface area contributed by atoms with Gasteiger partial charge in [0.25, 0.3) is 5.91 Å². The number of methoxy groups -OCH3 is 1. The Morgan fingerprint density at radius 2 is 2.14 bits per heavy atom. The molecule has 0 spiro atoms. The third-order valence-electron chi connectivity index (χ3n) is 3.47. The average Bonchev–Trinajstić information content (AvgIpc) is 2.87. The summed E-state index contributed by atoms with van der Waals surface area (Å²) >= 11 is 0. The summed E-state index contributed by atoms with van der Waals surface area (Å²) in [6.45, 7) is 3.41. The number of carbonyl (C=O) groups is 2. The number of amides is 1. The van der Waals surface area contributed by atoms with Gasteiger partial charge in [-0.25, -0.2) is 4.79 Å². The van der Waals surface area contributed by atoms with Crippen LogP contribution in [0.5, 0.6) is 0 Å². The molecule has 1 aromatic rings. The third kappa shape index (κ3) is 3.62. The summed E-state index contributed by atoms with van der Waals surface area (Å²) in [6, 6.07) is 3.59. The highest BCUT2D eigenvalue weighted by Crippen LogP contribution is 2.26. The number of carboxylic acid groups (broad SMARTS) is 1. The van der Waals surface area contributed by atoms with Crippen LogP contribution in [0.15, 0.2) is 18.3 Å². The van der Waals surface area contributed by atoms with Gasteiger partial charge in [-0.1, -0.05) is 0 Å². The predicted octanol–water partition coefficient (Wildman–Crippen LogP) is 0.450. The molecule has 0 atom stereocenters. The first-order valence-electron chi connectivity index (χ1n) is 6.74. The Hall–Kier alpha value is -1.86. The fourth-order valence-electron chi connectivity index (χ4n) is 2.39. The number of likely N-dealkylation sites (tertiary alicyclic amines) is 1. The first-order valence-corrected chi connectivity index (χ1v) is 6.74. The second kappa shape index (κ2) is 6.28. The molecular weight excluding hydrogens is 276 g/mol. The normalized spacial score (nSPS) is 16.6. The Kier molecular flexibility index (Phi) is 4.64. The molecule has 1 fully saturated rings. The minimum Gasteiger partial charge on any atom is -0.480 e. The van der Waals surface area contributed by atoms with E-state index in [9.17, 15) is 9.59 Å². The van der Waals surface area contributed by atoms with Gasteiger partial charge in [-0.2, -0.15) is 0 Å². The van der Waals surface area contributed by atoms with E-state index in [1.54, 1.807) is 18.1 Å². The largest absolute Gasteiger partial charge is 0.480 e. The zero-order valence-electron chi connectivity index (χ0n) is 12.2. The van der Waals surface area contributed by atoms with E-state index in [1.165, 1.54) is 0 Å². The van der Waals surface area contributed by atoms with Crippen molar-refractivity contribution in [3.63, 3.8) is 0 Å². The minimum absolute atomic E-state index is 0.0764. The van der Waals surface area contributed by atoms with E-state index in [1.807, 2.05) is 23.8 Å². The van der Waals surface area contributed by atoms with Gasteiger partial charge in [-0.15, -0.1) is 0 Å². The molecule has 1 aromatic heterocycles. The fourth-order valence-corrected chi connectivity index (χ4v) is 2.39. The maximum atomic E-state index is 12.4. The molecule has 0 unspecified atom stereocenters. The summed E-state index contributed by atoms with van der Waals surface area (Å²) in [7, 11) is 1.62. The Morgan fingerprint density at radius 3 is 2.76 bits per heavy atom. The molecule has 7 nitrogen and oxygen atoms in total. The zero-order valence-corrected chi connectivity index (χ0v) is 12.2. The highest BCUT2D eigenvalue weighted by atomic mass is 16.5. The number of rotatable bonds is 7. The third-order valence-corrected chi connectivity index (χ3v) is 3.47. The number of aromatic nitrogens is 1. The molecule has 0 aliphatic carbocycles. The summed E-state index contributed by atoms with van der Waals surface area (Å²) in [4.78, 5) is 24.6. The molecule has 2 rings (SSSR count). The molecule has 1 aliphatic rings. The van der Waals surface area contributed by atoms with Crippen LogP contribution >= 0.6 is 0 Å². The molecule has 0 saturated carbocycles. The molecule has 0 radical (unpaired) electrons. The number of carboxylic acids is 1. The Labute approximate surface area is 123 Å². The van der Waals surface area contributed by atoms with E-state index >= 15 is 0 Å². The van der Waals surface area contributed by atoms with Crippen LogP contribution in [-0.4, -0.2) is 65.5 Å². The lowest BCUT2D eigenvalue weighted by Crippen LogP contribution is -2.63. The van der Waals surface area contributed by atoms with Crippen LogP contribution in [0, 0.1) is 0 Å². The Bertz CT molecular complexity index is 519. The quantitative estimate of drug-likeness (QED) is 0.790. The number of hydrogen-bond donors (Lipinski definition) is 1. The van der Waals surface area contributed by atoms with Crippen molar-refractivity contribution in [2.75, 3.05) is 33.4 Å². The second-order valence-corrected chi connectivity index (χ2v) is 5.37. The van der Waals surface area contributed by atoms with Crippen LogP contribution in [-0.2, 0) is 20.8 Å². The van der Waals surface area contributed by atoms with Gasteiger partial charge in [0.05, 0.1) is 19.7 Å². The van der Waals surface area contributed by atoms with E-state index in [0.29, 0.717) is 31.9 Å².